The fourth-order valence-electron chi connectivity index (χ4n) is 1.27. The molecule has 3 nitrogen and oxygen atoms in total. The lowest BCUT2D eigenvalue weighted by atomic mass is 10.2. The van der Waals surface area contributed by atoms with E-state index < -0.39 is 0 Å². The normalized spacial score (nSPS) is 9.94. The standard InChI is InChI=1S/C12H15BrO3/c1-3-4-5-16-12-9(8-14)6-10(15-2)7-11(12)13/h6-8H,3-5H2,1-2H3. The molecule has 0 saturated carbocycles. The summed E-state index contributed by atoms with van der Waals surface area (Å²) in [7, 11) is 1.56. The molecule has 0 saturated heterocycles. The van der Waals surface area contributed by atoms with Gasteiger partial charge in [0.05, 0.1) is 23.8 Å². The average Bonchev–Trinajstić information content (AvgIpc) is 2.30. The fourth-order valence-corrected chi connectivity index (χ4v) is 1.83. The van der Waals surface area contributed by atoms with Crippen LogP contribution in [-0.4, -0.2) is 20.0 Å². The van der Waals surface area contributed by atoms with E-state index in [4.69, 9.17) is 9.47 Å². The second-order valence-electron chi connectivity index (χ2n) is 3.35. The number of hydrogen-bond donors (Lipinski definition) is 0. The predicted molar refractivity (Wildman–Crippen MR) is 66.5 cm³/mol. The van der Waals surface area contributed by atoms with E-state index in [9.17, 15) is 4.79 Å². The number of rotatable bonds is 6. The van der Waals surface area contributed by atoms with Gasteiger partial charge < -0.3 is 9.47 Å². The summed E-state index contributed by atoms with van der Waals surface area (Å²) in [6.07, 6.45) is 2.80. The van der Waals surface area contributed by atoms with Gasteiger partial charge in [-0.25, -0.2) is 0 Å². The smallest absolute Gasteiger partial charge is 0.153 e. The van der Waals surface area contributed by atoms with Gasteiger partial charge in [0.2, 0.25) is 0 Å². The molecule has 16 heavy (non-hydrogen) atoms. The molecule has 1 rings (SSSR count). The zero-order valence-corrected chi connectivity index (χ0v) is 11.0. The van der Waals surface area contributed by atoms with Crippen molar-refractivity contribution in [3.05, 3.63) is 22.2 Å². The van der Waals surface area contributed by atoms with Crippen LogP contribution in [0.25, 0.3) is 0 Å². The van der Waals surface area contributed by atoms with E-state index in [1.54, 1.807) is 19.2 Å². The quantitative estimate of drug-likeness (QED) is 0.594. The van der Waals surface area contributed by atoms with Crippen LogP contribution < -0.4 is 9.47 Å². The Morgan fingerprint density at radius 1 is 1.44 bits per heavy atom. The van der Waals surface area contributed by atoms with Crippen molar-refractivity contribution in [2.75, 3.05) is 13.7 Å². The van der Waals surface area contributed by atoms with Gasteiger partial charge in [-0.05, 0) is 34.5 Å². The first kappa shape index (κ1) is 13.0. The number of ether oxygens (including phenoxy) is 2. The second kappa shape index (κ2) is 6.53. The maximum absolute atomic E-state index is 10.9. The lowest BCUT2D eigenvalue weighted by Crippen LogP contribution is -2.01. The first-order valence-electron chi connectivity index (χ1n) is 5.18. The highest BCUT2D eigenvalue weighted by molar-refractivity contribution is 9.10. The van der Waals surface area contributed by atoms with Crippen LogP contribution in [0.15, 0.2) is 16.6 Å². The van der Waals surface area contributed by atoms with E-state index in [0.717, 1.165) is 23.6 Å². The number of halogens is 1. The van der Waals surface area contributed by atoms with Crippen LogP contribution in [0.5, 0.6) is 11.5 Å². The van der Waals surface area contributed by atoms with Crippen LogP contribution in [0.2, 0.25) is 0 Å². The molecule has 0 aromatic heterocycles. The number of aldehydes is 1. The highest BCUT2D eigenvalue weighted by atomic mass is 79.9. The molecule has 0 N–H and O–H groups in total. The third kappa shape index (κ3) is 3.23. The molecule has 4 heteroatoms. The third-order valence-corrected chi connectivity index (χ3v) is 2.74. The Morgan fingerprint density at radius 3 is 2.75 bits per heavy atom. The first-order chi connectivity index (χ1) is 7.72. The molecule has 0 atom stereocenters. The van der Waals surface area contributed by atoms with E-state index in [1.165, 1.54) is 0 Å². The molecule has 0 radical (unpaired) electrons. The van der Waals surface area contributed by atoms with Gasteiger partial charge in [0, 0.05) is 0 Å². The number of methoxy groups -OCH3 is 1. The van der Waals surface area contributed by atoms with Crippen LogP contribution in [0.1, 0.15) is 30.1 Å². The third-order valence-electron chi connectivity index (χ3n) is 2.15. The summed E-state index contributed by atoms with van der Waals surface area (Å²) in [4.78, 5) is 10.9. The molecular formula is C12H15BrO3. The van der Waals surface area contributed by atoms with Crippen LogP contribution >= 0.6 is 15.9 Å². The Labute approximate surface area is 104 Å². The van der Waals surface area contributed by atoms with Gasteiger partial charge in [-0.2, -0.15) is 0 Å². The van der Waals surface area contributed by atoms with Crippen molar-refractivity contribution in [1.29, 1.82) is 0 Å². The van der Waals surface area contributed by atoms with Crippen LogP contribution in [0, 0.1) is 0 Å². The van der Waals surface area contributed by atoms with E-state index in [2.05, 4.69) is 22.9 Å². The fraction of sp³-hybridized carbons (Fsp3) is 0.417. The van der Waals surface area contributed by atoms with Gasteiger partial charge in [0.25, 0.3) is 0 Å². The minimum atomic E-state index is 0.502. The number of carbonyl (C=O) groups is 1. The lowest BCUT2D eigenvalue weighted by Gasteiger charge is -2.11. The van der Waals surface area contributed by atoms with Crippen molar-refractivity contribution in [3.63, 3.8) is 0 Å². The molecule has 0 bridgehead atoms. The monoisotopic (exact) mass is 286 g/mol. The van der Waals surface area contributed by atoms with Crippen LogP contribution in [0.3, 0.4) is 0 Å². The molecule has 0 aliphatic heterocycles. The average molecular weight is 287 g/mol. The summed E-state index contributed by atoms with van der Waals surface area (Å²) in [5, 5.41) is 0. The molecule has 1 aromatic carbocycles. The van der Waals surface area contributed by atoms with Crippen molar-refractivity contribution < 1.29 is 14.3 Å². The molecule has 0 aliphatic carbocycles. The maximum atomic E-state index is 10.9. The summed E-state index contributed by atoms with van der Waals surface area (Å²) in [6, 6.07) is 3.45. The molecule has 0 unspecified atom stereocenters. The predicted octanol–water partition coefficient (Wildman–Crippen LogP) is 3.45. The van der Waals surface area contributed by atoms with E-state index in [1.807, 2.05) is 0 Å². The largest absolute Gasteiger partial charge is 0.497 e. The summed E-state index contributed by atoms with van der Waals surface area (Å²) in [5.74, 6) is 1.22. The van der Waals surface area contributed by atoms with Gasteiger partial charge in [-0.1, -0.05) is 13.3 Å². The van der Waals surface area contributed by atoms with Gasteiger partial charge in [0.15, 0.2) is 6.29 Å². The van der Waals surface area contributed by atoms with Crippen LogP contribution in [-0.2, 0) is 0 Å². The molecule has 0 fully saturated rings. The molecule has 88 valence electrons. The summed E-state index contributed by atoms with van der Waals surface area (Å²) in [6.45, 7) is 2.70. The van der Waals surface area contributed by atoms with Gasteiger partial charge in [0.1, 0.15) is 11.5 Å². The molecule has 0 amide bonds. The van der Waals surface area contributed by atoms with Crippen molar-refractivity contribution in [1.82, 2.24) is 0 Å². The molecule has 0 spiro atoms. The summed E-state index contributed by atoms with van der Waals surface area (Å²) < 4.78 is 11.4. The Hall–Kier alpha value is -1.03. The SMILES string of the molecule is CCCCOc1c(Br)cc(OC)cc1C=O. The second-order valence-corrected chi connectivity index (χ2v) is 4.20. The van der Waals surface area contributed by atoms with Crippen molar-refractivity contribution in [2.45, 2.75) is 19.8 Å². The molecular weight excluding hydrogens is 272 g/mol. The minimum Gasteiger partial charge on any atom is -0.497 e. The first-order valence-corrected chi connectivity index (χ1v) is 5.97. The molecule has 0 heterocycles. The Balaban J connectivity index is 2.92. The van der Waals surface area contributed by atoms with Gasteiger partial charge in [-0.3, -0.25) is 4.79 Å². The van der Waals surface area contributed by atoms with E-state index in [-0.39, 0.29) is 0 Å². The van der Waals surface area contributed by atoms with Crippen molar-refractivity contribution in [2.24, 2.45) is 0 Å². The summed E-state index contributed by atoms with van der Waals surface area (Å²) in [5.41, 5.74) is 0.502. The minimum absolute atomic E-state index is 0.502. The molecule has 1 aromatic rings. The number of carbonyl (C=O) groups excluding carboxylic acids is 1. The number of hydrogen-bond acceptors (Lipinski definition) is 3. The number of benzene rings is 1. The zero-order chi connectivity index (χ0) is 12.0. The van der Waals surface area contributed by atoms with Crippen molar-refractivity contribution in [3.8, 4) is 11.5 Å². The maximum Gasteiger partial charge on any atom is 0.153 e. The summed E-state index contributed by atoms with van der Waals surface area (Å²) >= 11 is 3.37. The topological polar surface area (TPSA) is 35.5 Å². The molecule has 0 aliphatic rings. The Morgan fingerprint density at radius 2 is 2.19 bits per heavy atom. The van der Waals surface area contributed by atoms with Gasteiger partial charge >= 0.3 is 0 Å². The Kier molecular flexibility index (Phi) is 5.32. The highest BCUT2D eigenvalue weighted by Crippen LogP contribution is 2.32. The van der Waals surface area contributed by atoms with E-state index in [0.29, 0.717) is 23.7 Å². The van der Waals surface area contributed by atoms with Crippen LogP contribution in [0.4, 0.5) is 0 Å². The van der Waals surface area contributed by atoms with Gasteiger partial charge in [-0.15, -0.1) is 0 Å². The van der Waals surface area contributed by atoms with Crippen molar-refractivity contribution >= 4 is 22.2 Å². The lowest BCUT2D eigenvalue weighted by molar-refractivity contribution is 0.111. The number of unbranched alkanes of at least 4 members (excludes halogenated alkanes) is 1. The Bertz CT molecular complexity index is 364. The van der Waals surface area contributed by atoms with E-state index >= 15 is 0 Å². The zero-order valence-electron chi connectivity index (χ0n) is 9.46. The highest BCUT2D eigenvalue weighted by Gasteiger charge is 2.10.